The van der Waals surface area contributed by atoms with Crippen molar-refractivity contribution in [1.29, 1.82) is 0 Å². The second-order valence-electron chi connectivity index (χ2n) is 10.2. The number of benzene rings is 1. The molecule has 11 nitrogen and oxygen atoms in total. The molecule has 2 amide bonds. The first-order valence-electron chi connectivity index (χ1n) is 12.2. The summed E-state index contributed by atoms with van der Waals surface area (Å²) in [6, 6.07) is 7.46. The second-order valence-corrected chi connectivity index (χ2v) is 10.2. The second kappa shape index (κ2) is 10.4. The highest BCUT2D eigenvalue weighted by Crippen LogP contribution is 2.28. The number of hydrogen-bond acceptors (Lipinski definition) is 8. The van der Waals surface area contributed by atoms with Crippen LogP contribution in [0.15, 0.2) is 30.6 Å². The lowest BCUT2D eigenvalue weighted by molar-refractivity contribution is 0.0472. The Morgan fingerprint density at radius 1 is 1.17 bits per heavy atom. The summed E-state index contributed by atoms with van der Waals surface area (Å²) in [7, 11) is 1.92. The van der Waals surface area contributed by atoms with E-state index in [-0.39, 0.29) is 17.7 Å². The van der Waals surface area contributed by atoms with E-state index in [1.807, 2.05) is 50.6 Å². The standard InChI is InChI=1S/C25H34N8O3/c1-25(2,3)36-24(35)30-16-9-6-5-8-15(16)13-27-20-12-18(22(23(26)34)32-31-20)29-17-10-7-11-19-21(17)28-14-33(19)4/h7,10-12,14-16H,5-6,8-9,13H2,1-4H3,(H2,26,34)(H,30,35)(H2,27,29,31)/t15-,16-/m0/s1. The molecule has 0 saturated heterocycles. The van der Waals surface area contributed by atoms with E-state index in [2.05, 4.69) is 31.1 Å². The third kappa shape index (κ3) is 6.02. The summed E-state index contributed by atoms with van der Waals surface area (Å²) in [5, 5.41) is 17.8. The Bertz CT molecular complexity index is 1250. The number of nitrogens with two attached hydrogens (primary N) is 1. The van der Waals surface area contributed by atoms with Gasteiger partial charge in [0.05, 0.1) is 23.2 Å². The third-order valence-corrected chi connectivity index (χ3v) is 6.21. The molecule has 1 aliphatic rings. The number of carbonyl (C=O) groups excluding carboxylic acids is 2. The van der Waals surface area contributed by atoms with Crippen molar-refractivity contribution in [2.24, 2.45) is 18.7 Å². The first-order valence-corrected chi connectivity index (χ1v) is 12.2. The molecule has 0 aliphatic heterocycles. The van der Waals surface area contributed by atoms with E-state index in [4.69, 9.17) is 10.5 Å². The number of aromatic nitrogens is 4. The van der Waals surface area contributed by atoms with Gasteiger partial charge in [-0.25, -0.2) is 9.78 Å². The number of nitrogens with zero attached hydrogens (tertiary/aromatic N) is 4. The molecule has 2 heterocycles. The van der Waals surface area contributed by atoms with Gasteiger partial charge in [0.2, 0.25) is 0 Å². The van der Waals surface area contributed by atoms with Gasteiger partial charge in [0, 0.05) is 25.7 Å². The fourth-order valence-corrected chi connectivity index (χ4v) is 4.50. The number of carbonyl (C=O) groups is 2. The van der Waals surface area contributed by atoms with Crippen LogP contribution in [-0.4, -0.2) is 49.9 Å². The number of primary amides is 1. The Balaban J connectivity index is 1.49. The van der Waals surface area contributed by atoms with Gasteiger partial charge in [0.15, 0.2) is 11.5 Å². The molecule has 2 atom stereocenters. The summed E-state index contributed by atoms with van der Waals surface area (Å²) in [5.74, 6) is 0.0125. The van der Waals surface area contributed by atoms with Crippen LogP contribution in [0.1, 0.15) is 56.9 Å². The number of nitrogens with one attached hydrogen (secondary N) is 3. The summed E-state index contributed by atoms with van der Waals surface area (Å²) >= 11 is 0. The molecular weight excluding hydrogens is 460 g/mol. The van der Waals surface area contributed by atoms with Crippen molar-refractivity contribution < 1.29 is 14.3 Å². The van der Waals surface area contributed by atoms with Crippen molar-refractivity contribution in [1.82, 2.24) is 25.1 Å². The van der Waals surface area contributed by atoms with Crippen molar-refractivity contribution in [2.45, 2.75) is 58.1 Å². The SMILES string of the molecule is Cn1cnc2c(Nc3cc(NC[C@@H]4CCCC[C@@H]4NC(=O)OC(C)(C)C)nnc3C(N)=O)cccc21. The van der Waals surface area contributed by atoms with Gasteiger partial charge in [-0.15, -0.1) is 10.2 Å². The Labute approximate surface area is 210 Å². The van der Waals surface area contributed by atoms with Crippen LogP contribution in [0.25, 0.3) is 11.0 Å². The molecule has 2 aromatic heterocycles. The van der Waals surface area contributed by atoms with E-state index >= 15 is 0 Å². The number of anilines is 3. The van der Waals surface area contributed by atoms with Gasteiger partial charge in [0.25, 0.3) is 5.91 Å². The number of amides is 2. The fourth-order valence-electron chi connectivity index (χ4n) is 4.50. The van der Waals surface area contributed by atoms with Crippen LogP contribution < -0.4 is 21.7 Å². The van der Waals surface area contributed by atoms with Crippen molar-refractivity contribution in [3.63, 3.8) is 0 Å². The highest BCUT2D eigenvalue weighted by Gasteiger charge is 2.28. The number of rotatable bonds is 7. The van der Waals surface area contributed by atoms with Gasteiger partial charge >= 0.3 is 6.09 Å². The average Bonchev–Trinajstić information content (AvgIpc) is 3.19. The minimum atomic E-state index is -0.682. The smallest absolute Gasteiger partial charge is 0.407 e. The number of hydrogen-bond donors (Lipinski definition) is 4. The maximum absolute atomic E-state index is 12.3. The quantitative estimate of drug-likeness (QED) is 0.388. The number of alkyl carbamates (subject to hydrolysis) is 1. The Morgan fingerprint density at radius 3 is 2.69 bits per heavy atom. The zero-order valence-corrected chi connectivity index (χ0v) is 21.2. The van der Waals surface area contributed by atoms with Gasteiger partial charge in [-0.1, -0.05) is 18.9 Å². The highest BCUT2D eigenvalue weighted by atomic mass is 16.6. The predicted octanol–water partition coefficient (Wildman–Crippen LogP) is 3.70. The molecule has 0 unspecified atom stereocenters. The summed E-state index contributed by atoms with van der Waals surface area (Å²) in [6.07, 6.45) is 5.32. The van der Waals surface area contributed by atoms with E-state index < -0.39 is 17.6 Å². The number of fused-ring (bicyclic) bond motifs is 1. The maximum atomic E-state index is 12.3. The number of aryl methyl sites for hydroxylation is 1. The molecule has 1 saturated carbocycles. The number of para-hydroxylation sites is 1. The predicted molar refractivity (Wildman–Crippen MR) is 138 cm³/mol. The van der Waals surface area contributed by atoms with E-state index in [0.29, 0.717) is 18.1 Å². The fraction of sp³-hybridized carbons (Fsp3) is 0.480. The molecule has 4 rings (SSSR count). The maximum Gasteiger partial charge on any atom is 0.407 e. The van der Waals surface area contributed by atoms with Gasteiger partial charge in [0.1, 0.15) is 11.1 Å². The Hall–Kier alpha value is -3.89. The van der Waals surface area contributed by atoms with E-state index in [1.165, 1.54) is 0 Å². The van der Waals surface area contributed by atoms with Gasteiger partial charge in [-0.3, -0.25) is 4.79 Å². The Morgan fingerprint density at radius 2 is 1.94 bits per heavy atom. The van der Waals surface area contributed by atoms with Gasteiger partial charge in [-0.05, 0) is 51.7 Å². The molecule has 0 radical (unpaired) electrons. The molecule has 1 aromatic carbocycles. The van der Waals surface area contributed by atoms with Crippen LogP contribution in [0.4, 0.5) is 22.0 Å². The van der Waals surface area contributed by atoms with E-state index in [1.54, 1.807) is 12.4 Å². The molecule has 0 spiro atoms. The molecule has 0 bridgehead atoms. The average molecular weight is 495 g/mol. The van der Waals surface area contributed by atoms with Crippen LogP contribution in [0.3, 0.4) is 0 Å². The topological polar surface area (TPSA) is 149 Å². The first-order chi connectivity index (χ1) is 17.1. The lowest BCUT2D eigenvalue weighted by atomic mass is 9.84. The number of imidazole rings is 1. The number of ether oxygens (including phenoxy) is 1. The lowest BCUT2D eigenvalue weighted by Crippen LogP contribution is -2.46. The van der Waals surface area contributed by atoms with Crippen LogP contribution in [0.2, 0.25) is 0 Å². The van der Waals surface area contributed by atoms with Crippen molar-refractivity contribution in [3.8, 4) is 0 Å². The minimum Gasteiger partial charge on any atom is -0.444 e. The molecule has 192 valence electrons. The first kappa shape index (κ1) is 25.2. The van der Waals surface area contributed by atoms with Crippen molar-refractivity contribution in [3.05, 3.63) is 36.3 Å². The molecule has 1 fully saturated rings. The van der Waals surface area contributed by atoms with Crippen LogP contribution in [0.5, 0.6) is 0 Å². The molecule has 11 heteroatoms. The molecule has 3 aromatic rings. The normalized spacial score (nSPS) is 18.0. The zero-order chi connectivity index (χ0) is 25.9. The van der Waals surface area contributed by atoms with Crippen LogP contribution in [-0.2, 0) is 11.8 Å². The molecular formula is C25H34N8O3. The summed E-state index contributed by atoms with van der Waals surface area (Å²) in [4.78, 5) is 28.8. The van der Waals surface area contributed by atoms with E-state index in [9.17, 15) is 9.59 Å². The monoisotopic (exact) mass is 494 g/mol. The zero-order valence-electron chi connectivity index (χ0n) is 21.2. The summed E-state index contributed by atoms with van der Waals surface area (Å²) in [6.45, 7) is 6.13. The molecule has 5 N–H and O–H groups in total. The third-order valence-electron chi connectivity index (χ3n) is 6.21. The van der Waals surface area contributed by atoms with Crippen LogP contribution in [0, 0.1) is 5.92 Å². The van der Waals surface area contributed by atoms with Crippen molar-refractivity contribution >= 4 is 40.2 Å². The largest absolute Gasteiger partial charge is 0.444 e. The lowest BCUT2D eigenvalue weighted by Gasteiger charge is -2.33. The summed E-state index contributed by atoms with van der Waals surface area (Å²) < 4.78 is 7.36. The molecule has 1 aliphatic carbocycles. The molecule has 36 heavy (non-hydrogen) atoms. The van der Waals surface area contributed by atoms with Gasteiger partial charge < -0.3 is 31.0 Å². The highest BCUT2D eigenvalue weighted by molar-refractivity contribution is 5.99. The van der Waals surface area contributed by atoms with E-state index in [0.717, 1.165) is 42.4 Å². The Kier molecular flexibility index (Phi) is 7.27. The van der Waals surface area contributed by atoms with Crippen LogP contribution >= 0.6 is 0 Å². The minimum absolute atomic E-state index is 0.00157. The van der Waals surface area contributed by atoms with Crippen molar-refractivity contribution in [2.75, 3.05) is 17.2 Å². The summed E-state index contributed by atoms with van der Waals surface area (Å²) in [5.41, 5.74) is 7.92. The van der Waals surface area contributed by atoms with Gasteiger partial charge in [-0.2, -0.15) is 0 Å².